The van der Waals surface area contributed by atoms with E-state index in [2.05, 4.69) is 4.98 Å². The number of aryl methyl sites for hydroxylation is 1. The lowest BCUT2D eigenvalue weighted by Gasteiger charge is -2.01. The number of rotatable bonds is 2. The minimum atomic E-state index is -0.238. The van der Waals surface area contributed by atoms with Gasteiger partial charge < -0.3 is 0 Å². The highest BCUT2D eigenvalue weighted by molar-refractivity contribution is 7.13. The molecule has 0 atom stereocenters. The quantitative estimate of drug-likeness (QED) is 0.725. The Kier molecular flexibility index (Phi) is 3.03. The molecule has 0 aliphatic rings. The van der Waals surface area contributed by atoms with Gasteiger partial charge in [0.05, 0.1) is 11.6 Å². The van der Waals surface area contributed by atoms with Crippen LogP contribution in [0.3, 0.4) is 0 Å². The minimum Gasteiger partial charge on any atom is -0.240 e. The summed E-state index contributed by atoms with van der Waals surface area (Å²) in [5, 5.41) is 2.72. The van der Waals surface area contributed by atoms with E-state index >= 15 is 0 Å². The van der Waals surface area contributed by atoms with Gasteiger partial charge in [-0.05, 0) is 24.6 Å². The highest BCUT2D eigenvalue weighted by Crippen LogP contribution is 2.27. The van der Waals surface area contributed by atoms with Crippen molar-refractivity contribution in [2.75, 3.05) is 0 Å². The Bertz CT molecular complexity index is 481. The van der Waals surface area contributed by atoms with Crippen molar-refractivity contribution in [2.45, 2.75) is 12.8 Å². The van der Waals surface area contributed by atoms with Crippen LogP contribution in [0.1, 0.15) is 11.3 Å². The molecule has 2 rings (SSSR count). The van der Waals surface area contributed by atoms with E-state index in [0.717, 1.165) is 21.8 Å². The molecule has 15 heavy (non-hydrogen) atoms. The first-order valence-electron chi connectivity index (χ1n) is 4.47. The summed E-state index contributed by atoms with van der Waals surface area (Å²) in [4.78, 5) is 4.32. The summed E-state index contributed by atoms with van der Waals surface area (Å²) in [5.41, 5.74) is 2.70. The van der Waals surface area contributed by atoms with E-state index in [1.54, 1.807) is 6.07 Å². The molecule has 0 aliphatic carbocycles. The highest BCUT2D eigenvalue weighted by atomic mass is 35.5. The van der Waals surface area contributed by atoms with Crippen LogP contribution in [0.2, 0.25) is 0 Å². The molecule has 4 heteroatoms. The molecule has 78 valence electrons. The molecule has 0 saturated heterocycles. The molecule has 1 aromatic carbocycles. The number of aromatic nitrogens is 1. The molecule has 0 saturated carbocycles. The van der Waals surface area contributed by atoms with E-state index in [4.69, 9.17) is 11.6 Å². The van der Waals surface area contributed by atoms with E-state index in [9.17, 15) is 4.39 Å². The van der Waals surface area contributed by atoms with Crippen LogP contribution < -0.4 is 0 Å². The van der Waals surface area contributed by atoms with Crippen LogP contribution in [0.15, 0.2) is 23.6 Å². The minimum absolute atomic E-state index is 0.238. The predicted octanol–water partition coefficient (Wildman–Crippen LogP) is 4.00. The normalized spacial score (nSPS) is 10.6. The van der Waals surface area contributed by atoms with Crippen molar-refractivity contribution >= 4 is 22.9 Å². The second-order valence-electron chi connectivity index (χ2n) is 3.24. The lowest BCUT2D eigenvalue weighted by atomic mass is 10.1. The average molecular weight is 242 g/mol. The molecule has 0 spiro atoms. The predicted molar refractivity (Wildman–Crippen MR) is 61.8 cm³/mol. The second kappa shape index (κ2) is 4.29. The zero-order valence-electron chi connectivity index (χ0n) is 8.13. The maximum absolute atomic E-state index is 13.1. The zero-order chi connectivity index (χ0) is 10.8. The SMILES string of the molecule is Cc1ccc(F)cc1-c1nc(CCl)cs1. The second-order valence-corrected chi connectivity index (χ2v) is 4.36. The number of alkyl halides is 1. The third-order valence-electron chi connectivity index (χ3n) is 2.12. The molecule has 0 bridgehead atoms. The van der Waals surface area contributed by atoms with Crippen LogP contribution in [0.5, 0.6) is 0 Å². The van der Waals surface area contributed by atoms with E-state index in [1.165, 1.54) is 23.5 Å². The third-order valence-corrected chi connectivity index (χ3v) is 3.32. The third kappa shape index (κ3) is 2.19. The molecule has 0 fully saturated rings. The van der Waals surface area contributed by atoms with Gasteiger partial charge in [0.1, 0.15) is 10.8 Å². The standard InChI is InChI=1S/C11H9ClFNS/c1-7-2-3-8(13)4-10(7)11-14-9(5-12)6-15-11/h2-4,6H,5H2,1H3. The van der Waals surface area contributed by atoms with Gasteiger partial charge in [-0.2, -0.15) is 0 Å². The molecular weight excluding hydrogens is 233 g/mol. The fourth-order valence-corrected chi connectivity index (χ4v) is 2.45. The summed E-state index contributed by atoms with van der Waals surface area (Å²) in [6, 6.07) is 4.72. The van der Waals surface area contributed by atoms with Gasteiger partial charge in [0.25, 0.3) is 0 Å². The van der Waals surface area contributed by atoms with Gasteiger partial charge in [-0.1, -0.05) is 6.07 Å². The Morgan fingerprint density at radius 3 is 2.93 bits per heavy atom. The van der Waals surface area contributed by atoms with Crippen LogP contribution in [0, 0.1) is 12.7 Å². The first-order valence-corrected chi connectivity index (χ1v) is 5.89. The monoisotopic (exact) mass is 241 g/mol. The van der Waals surface area contributed by atoms with E-state index < -0.39 is 0 Å². The van der Waals surface area contributed by atoms with Crippen molar-refractivity contribution in [3.63, 3.8) is 0 Å². The first-order chi connectivity index (χ1) is 7.20. The maximum atomic E-state index is 13.1. The Hall–Kier alpha value is -0.930. The van der Waals surface area contributed by atoms with E-state index in [0.29, 0.717) is 5.88 Å². The van der Waals surface area contributed by atoms with Crippen molar-refractivity contribution in [1.82, 2.24) is 4.98 Å². The Labute approximate surface area is 96.5 Å². The van der Waals surface area contributed by atoms with Crippen molar-refractivity contribution in [3.05, 3.63) is 40.7 Å². The molecule has 2 aromatic rings. The van der Waals surface area contributed by atoms with Gasteiger partial charge in [0, 0.05) is 10.9 Å². The van der Waals surface area contributed by atoms with Gasteiger partial charge in [0.15, 0.2) is 0 Å². The summed E-state index contributed by atoms with van der Waals surface area (Å²) >= 11 is 7.16. The number of thiazole rings is 1. The lowest BCUT2D eigenvalue weighted by Crippen LogP contribution is -1.85. The molecule has 0 N–H and O–H groups in total. The lowest BCUT2D eigenvalue weighted by molar-refractivity contribution is 0.628. The van der Waals surface area contributed by atoms with Crippen LogP contribution in [-0.4, -0.2) is 4.98 Å². The summed E-state index contributed by atoms with van der Waals surface area (Å²) in [5.74, 6) is 0.156. The van der Waals surface area contributed by atoms with E-state index in [-0.39, 0.29) is 5.82 Å². The van der Waals surface area contributed by atoms with Crippen LogP contribution in [0.4, 0.5) is 4.39 Å². The van der Waals surface area contributed by atoms with Crippen molar-refractivity contribution in [3.8, 4) is 10.6 Å². The van der Waals surface area contributed by atoms with Crippen molar-refractivity contribution < 1.29 is 4.39 Å². The molecule has 0 radical (unpaired) electrons. The largest absolute Gasteiger partial charge is 0.240 e. The number of hydrogen-bond donors (Lipinski definition) is 0. The smallest absolute Gasteiger partial charge is 0.124 e. The zero-order valence-corrected chi connectivity index (χ0v) is 9.70. The molecule has 1 heterocycles. The Morgan fingerprint density at radius 1 is 1.47 bits per heavy atom. The highest BCUT2D eigenvalue weighted by Gasteiger charge is 2.07. The summed E-state index contributed by atoms with van der Waals surface area (Å²) < 4.78 is 13.1. The fourth-order valence-electron chi connectivity index (χ4n) is 1.32. The molecule has 1 nitrogen and oxygen atoms in total. The molecule has 0 unspecified atom stereocenters. The van der Waals surface area contributed by atoms with Crippen LogP contribution in [-0.2, 0) is 5.88 Å². The van der Waals surface area contributed by atoms with Gasteiger partial charge >= 0.3 is 0 Å². The van der Waals surface area contributed by atoms with Gasteiger partial charge in [-0.25, -0.2) is 9.37 Å². The summed E-state index contributed by atoms with van der Waals surface area (Å²) in [7, 11) is 0. The van der Waals surface area contributed by atoms with Gasteiger partial charge in [0.2, 0.25) is 0 Å². The topological polar surface area (TPSA) is 12.9 Å². The summed E-state index contributed by atoms with van der Waals surface area (Å²) in [6.45, 7) is 1.94. The van der Waals surface area contributed by atoms with Crippen molar-refractivity contribution in [2.24, 2.45) is 0 Å². The Morgan fingerprint density at radius 2 is 2.27 bits per heavy atom. The van der Waals surface area contributed by atoms with Crippen LogP contribution >= 0.6 is 22.9 Å². The Balaban J connectivity index is 2.48. The number of hydrogen-bond acceptors (Lipinski definition) is 2. The summed E-state index contributed by atoms with van der Waals surface area (Å²) in [6.07, 6.45) is 0. The van der Waals surface area contributed by atoms with Crippen LogP contribution in [0.25, 0.3) is 10.6 Å². The molecule has 0 amide bonds. The van der Waals surface area contributed by atoms with Gasteiger partial charge in [-0.15, -0.1) is 22.9 Å². The first kappa shape index (κ1) is 10.6. The maximum Gasteiger partial charge on any atom is 0.124 e. The van der Waals surface area contributed by atoms with E-state index in [1.807, 2.05) is 12.3 Å². The number of nitrogens with zero attached hydrogens (tertiary/aromatic N) is 1. The molecule has 1 aromatic heterocycles. The van der Waals surface area contributed by atoms with Gasteiger partial charge in [-0.3, -0.25) is 0 Å². The number of benzene rings is 1. The molecular formula is C11H9ClFNS. The fraction of sp³-hybridized carbons (Fsp3) is 0.182. The number of halogens is 2. The molecule has 0 aliphatic heterocycles. The average Bonchev–Trinajstić information content (AvgIpc) is 2.70. The van der Waals surface area contributed by atoms with Crippen molar-refractivity contribution in [1.29, 1.82) is 0 Å².